The summed E-state index contributed by atoms with van der Waals surface area (Å²) in [6, 6.07) is 3.06. The molecule has 0 amide bonds. The Balaban J connectivity index is 3.10. The Morgan fingerprint density at radius 2 is 1.91 bits per heavy atom. The molecule has 0 aromatic carbocycles. The highest BCUT2D eigenvalue weighted by Gasteiger charge is 2.19. The molecule has 0 aromatic rings. The van der Waals surface area contributed by atoms with E-state index in [1.54, 1.807) is 0 Å². The maximum Gasteiger partial charge on any atom is 0.248 e. The molecule has 0 saturated heterocycles. The fourth-order valence-corrected chi connectivity index (χ4v) is 2.49. The molecule has 4 heteroatoms. The number of hydrogen-bond donors (Lipinski definition) is 0. The summed E-state index contributed by atoms with van der Waals surface area (Å²) in [5.74, 6) is 0. The molecule has 0 fully saturated rings. The van der Waals surface area contributed by atoms with Crippen LogP contribution in [0.4, 0.5) is 0 Å². The molecule has 0 rings (SSSR count). The monoisotopic (exact) mass is 209 g/mol. The van der Waals surface area contributed by atoms with E-state index >= 15 is 0 Å². The minimum Gasteiger partial charge on any atom is -0.198 e. The van der Waals surface area contributed by atoms with Crippen LogP contribution in [0.5, 0.6) is 0 Å². The van der Waals surface area contributed by atoms with Gasteiger partial charge in [0, 0.05) is 6.42 Å². The lowest BCUT2D eigenvalue weighted by Crippen LogP contribution is -2.11. The first-order chi connectivity index (χ1) is 5.06. The molecule has 0 aliphatic carbocycles. The summed E-state index contributed by atoms with van der Waals surface area (Å²) in [5.41, 5.74) is 0. The van der Waals surface area contributed by atoms with E-state index in [4.69, 9.17) is 27.4 Å². The molecule has 0 heterocycles. The molecular weight excluding hydrogens is 197 g/mol. The minimum atomic E-state index is -1.86. The average molecular weight is 210 g/mol. The maximum atomic E-state index is 8.23. The van der Waals surface area contributed by atoms with Gasteiger partial charge in [-0.3, -0.25) is 0 Å². The number of rotatable bonds is 5. The molecule has 0 saturated carbocycles. The third kappa shape index (κ3) is 10.3. The zero-order valence-electron chi connectivity index (χ0n) is 6.74. The molecule has 0 aromatic heterocycles. The Hall–Kier alpha value is 0.287. The topological polar surface area (TPSA) is 23.8 Å². The fourth-order valence-electron chi connectivity index (χ4n) is 0.816. The van der Waals surface area contributed by atoms with Gasteiger partial charge in [0.2, 0.25) is 6.69 Å². The van der Waals surface area contributed by atoms with Crippen molar-refractivity contribution in [3.8, 4) is 6.07 Å². The van der Waals surface area contributed by atoms with E-state index < -0.39 is 6.69 Å². The third-order valence-corrected chi connectivity index (χ3v) is 3.77. The number of unbranched alkanes of at least 4 members (excludes halogenated alkanes) is 3. The van der Waals surface area contributed by atoms with Gasteiger partial charge < -0.3 is 0 Å². The van der Waals surface area contributed by atoms with Crippen LogP contribution < -0.4 is 0 Å². The Kier molecular flexibility index (Phi) is 6.03. The van der Waals surface area contributed by atoms with Crippen molar-refractivity contribution in [2.75, 3.05) is 0 Å². The van der Waals surface area contributed by atoms with Crippen LogP contribution in [0.15, 0.2) is 0 Å². The minimum absolute atomic E-state index is 0.656. The van der Waals surface area contributed by atoms with Gasteiger partial charge >= 0.3 is 0 Å². The van der Waals surface area contributed by atoms with Crippen molar-refractivity contribution in [1.29, 1.82) is 5.26 Å². The molecule has 0 aliphatic heterocycles. The van der Waals surface area contributed by atoms with E-state index in [0.717, 1.165) is 25.3 Å². The van der Waals surface area contributed by atoms with Gasteiger partial charge in [0.25, 0.3) is 0 Å². The summed E-state index contributed by atoms with van der Waals surface area (Å²) in [6.45, 7) is 0.0751. The van der Waals surface area contributed by atoms with Gasteiger partial charge in [0.15, 0.2) is 0 Å². The predicted molar refractivity (Wildman–Crippen MR) is 52.2 cm³/mol. The first-order valence-corrected chi connectivity index (χ1v) is 8.54. The first-order valence-electron chi connectivity index (χ1n) is 3.81. The van der Waals surface area contributed by atoms with Crippen LogP contribution in [0.2, 0.25) is 12.6 Å². The Bertz CT molecular complexity index is 136. The molecule has 0 radical (unpaired) electrons. The number of hydrogen-bond acceptors (Lipinski definition) is 1. The lowest BCUT2D eigenvalue weighted by atomic mass is 10.2. The summed E-state index contributed by atoms with van der Waals surface area (Å²) >= 11 is 11.8. The standard InChI is InChI=1S/C7H13Cl2NSi/c1-11(8,9)7-5-3-2-4-6-10/h2-5,7H2,1H3. The van der Waals surface area contributed by atoms with Gasteiger partial charge in [-0.25, -0.2) is 0 Å². The van der Waals surface area contributed by atoms with Crippen molar-refractivity contribution in [2.45, 2.75) is 38.3 Å². The average Bonchev–Trinajstić information content (AvgIpc) is 1.85. The fraction of sp³-hybridized carbons (Fsp3) is 0.857. The van der Waals surface area contributed by atoms with Gasteiger partial charge in [-0.1, -0.05) is 12.8 Å². The largest absolute Gasteiger partial charge is 0.248 e. The molecule has 0 atom stereocenters. The molecule has 11 heavy (non-hydrogen) atoms. The van der Waals surface area contributed by atoms with Crippen LogP contribution in [0.3, 0.4) is 0 Å². The molecular formula is C7H13Cl2NSi. The normalized spacial score (nSPS) is 11.1. The van der Waals surface area contributed by atoms with Crippen LogP contribution >= 0.6 is 22.2 Å². The van der Waals surface area contributed by atoms with E-state index in [2.05, 4.69) is 6.07 Å². The number of nitrogens with zero attached hydrogens (tertiary/aromatic N) is 1. The highest BCUT2D eigenvalue weighted by Crippen LogP contribution is 2.22. The zero-order valence-corrected chi connectivity index (χ0v) is 9.25. The molecule has 0 N–H and O–H groups in total. The van der Waals surface area contributed by atoms with Crippen LogP contribution in [0, 0.1) is 11.3 Å². The van der Waals surface area contributed by atoms with Crippen LogP contribution in [-0.4, -0.2) is 6.69 Å². The van der Waals surface area contributed by atoms with Gasteiger partial charge in [-0.05, 0) is 19.0 Å². The van der Waals surface area contributed by atoms with Gasteiger partial charge in [0.1, 0.15) is 0 Å². The van der Waals surface area contributed by atoms with Crippen molar-refractivity contribution < 1.29 is 0 Å². The summed E-state index contributed by atoms with van der Waals surface area (Å²) in [7, 11) is 0. The molecule has 0 unspecified atom stereocenters. The van der Waals surface area contributed by atoms with Crippen molar-refractivity contribution in [1.82, 2.24) is 0 Å². The van der Waals surface area contributed by atoms with Crippen LogP contribution in [0.25, 0.3) is 0 Å². The van der Waals surface area contributed by atoms with Crippen LogP contribution in [-0.2, 0) is 0 Å². The molecule has 64 valence electrons. The molecule has 0 bridgehead atoms. The first kappa shape index (κ1) is 11.3. The van der Waals surface area contributed by atoms with E-state index in [9.17, 15) is 0 Å². The smallest absolute Gasteiger partial charge is 0.198 e. The SMILES string of the molecule is C[Si](Cl)(Cl)CCCCCC#N. The second-order valence-corrected chi connectivity index (χ2v) is 11.0. The number of nitriles is 1. The molecule has 0 spiro atoms. The Morgan fingerprint density at radius 3 is 2.36 bits per heavy atom. The van der Waals surface area contributed by atoms with E-state index in [1.807, 2.05) is 6.55 Å². The highest BCUT2D eigenvalue weighted by atomic mass is 35.7. The van der Waals surface area contributed by atoms with Crippen molar-refractivity contribution >= 4 is 28.9 Å². The predicted octanol–water partition coefficient (Wildman–Crippen LogP) is 3.62. The maximum absolute atomic E-state index is 8.23. The molecule has 1 nitrogen and oxygen atoms in total. The van der Waals surface area contributed by atoms with Crippen LogP contribution in [0.1, 0.15) is 25.7 Å². The van der Waals surface area contributed by atoms with Gasteiger partial charge in [-0.2, -0.15) is 5.26 Å². The second-order valence-electron chi connectivity index (χ2n) is 2.79. The number of halogens is 2. The third-order valence-electron chi connectivity index (χ3n) is 1.40. The second kappa shape index (κ2) is 5.88. The van der Waals surface area contributed by atoms with Gasteiger partial charge in [0.05, 0.1) is 6.07 Å². The Morgan fingerprint density at radius 1 is 1.27 bits per heavy atom. The summed E-state index contributed by atoms with van der Waals surface area (Å²) < 4.78 is 0. The lowest BCUT2D eigenvalue weighted by Gasteiger charge is -2.08. The summed E-state index contributed by atoms with van der Waals surface area (Å²) in [5, 5.41) is 8.23. The summed E-state index contributed by atoms with van der Waals surface area (Å²) in [4.78, 5) is 0. The van der Waals surface area contributed by atoms with Crippen molar-refractivity contribution in [3.63, 3.8) is 0 Å². The van der Waals surface area contributed by atoms with Gasteiger partial charge in [-0.15, -0.1) is 22.2 Å². The van der Waals surface area contributed by atoms with E-state index in [-0.39, 0.29) is 0 Å². The van der Waals surface area contributed by atoms with E-state index in [0.29, 0.717) is 6.42 Å². The molecule has 0 aliphatic rings. The lowest BCUT2D eigenvalue weighted by molar-refractivity contribution is 0.730. The Labute approximate surface area is 78.7 Å². The summed E-state index contributed by atoms with van der Waals surface area (Å²) in [6.07, 6.45) is 3.78. The van der Waals surface area contributed by atoms with Crippen molar-refractivity contribution in [2.24, 2.45) is 0 Å². The highest BCUT2D eigenvalue weighted by molar-refractivity contribution is 7.44. The zero-order chi connectivity index (χ0) is 8.74. The van der Waals surface area contributed by atoms with Crippen molar-refractivity contribution in [3.05, 3.63) is 0 Å². The quantitative estimate of drug-likeness (QED) is 0.386. The van der Waals surface area contributed by atoms with E-state index in [1.165, 1.54) is 0 Å².